The van der Waals surface area contributed by atoms with E-state index in [0.717, 1.165) is 28.3 Å². The van der Waals surface area contributed by atoms with Crippen LogP contribution in [-0.4, -0.2) is 29.4 Å². The molecule has 3 heterocycles. The summed E-state index contributed by atoms with van der Waals surface area (Å²) in [6.45, 7) is 1.73. The van der Waals surface area contributed by atoms with Crippen LogP contribution in [0.2, 0.25) is 0 Å². The van der Waals surface area contributed by atoms with E-state index in [1.807, 2.05) is 41.0 Å². The van der Waals surface area contributed by atoms with Crippen molar-refractivity contribution in [2.45, 2.75) is 6.04 Å². The van der Waals surface area contributed by atoms with E-state index in [1.165, 1.54) is 6.07 Å². The smallest absolute Gasteiger partial charge is 0.305 e. The Hall–Kier alpha value is -3.76. The summed E-state index contributed by atoms with van der Waals surface area (Å²) in [5.74, 6) is 0.532. The van der Waals surface area contributed by atoms with Gasteiger partial charge in [-0.15, -0.1) is 0 Å². The molecule has 0 spiro atoms. The first-order valence-electron chi connectivity index (χ1n) is 9.74. The van der Waals surface area contributed by atoms with Crippen LogP contribution in [-0.2, 0) is 4.74 Å². The molecule has 7 heteroatoms. The normalized spacial score (nSPS) is 16.5. The summed E-state index contributed by atoms with van der Waals surface area (Å²) in [6, 6.07) is 20.0. The number of imidazole rings is 1. The fourth-order valence-corrected chi connectivity index (χ4v) is 3.85. The SMILES string of the molecule is N#Cc1ccc(-c2c[nH+]c3ccc(N4CCOC[C@H]4c4cccc(F)c4)nn23)cc1. The minimum Gasteiger partial charge on any atom is -0.377 e. The van der Waals surface area contributed by atoms with E-state index in [1.54, 1.807) is 24.3 Å². The van der Waals surface area contributed by atoms with Crippen LogP contribution in [0.4, 0.5) is 10.2 Å². The highest BCUT2D eigenvalue weighted by atomic mass is 19.1. The van der Waals surface area contributed by atoms with E-state index in [4.69, 9.17) is 15.1 Å². The molecule has 1 saturated heterocycles. The molecule has 0 unspecified atom stereocenters. The number of H-pyrrole nitrogens is 1. The van der Waals surface area contributed by atoms with Crippen molar-refractivity contribution in [3.05, 3.63) is 83.8 Å². The highest BCUT2D eigenvalue weighted by Gasteiger charge is 2.28. The van der Waals surface area contributed by atoms with Gasteiger partial charge in [0.25, 0.3) is 0 Å². The van der Waals surface area contributed by atoms with Gasteiger partial charge in [0.05, 0.1) is 30.9 Å². The number of halogens is 1. The third-order valence-electron chi connectivity index (χ3n) is 5.37. The van der Waals surface area contributed by atoms with Crippen LogP contribution in [0.15, 0.2) is 66.9 Å². The maximum absolute atomic E-state index is 13.8. The maximum Gasteiger partial charge on any atom is 0.305 e. The van der Waals surface area contributed by atoms with Crippen LogP contribution in [0.5, 0.6) is 0 Å². The number of rotatable bonds is 3. The predicted octanol–water partition coefficient (Wildman–Crippen LogP) is 3.40. The summed E-state index contributed by atoms with van der Waals surface area (Å²) >= 11 is 0. The fraction of sp³-hybridized carbons (Fsp3) is 0.174. The summed E-state index contributed by atoms with van der Waals surface area (Å²) in [6.07, 6.45) is 1.90. The molecule has 5 rings (SSSR count). The number of nitrogens with one attached hydrogen (secondary N) is 1. The van der Waals surface area contributed by atoms with Crippen molar-refractivity contribution in [3.8, 4) is 17.3 Å². The lowest BCUT2D eigenvalue weighted by Crippen LogP contribution is -2.40. The highest BCUT2D eigenvalue weighted by Crippen LogP contribution is 2.29. The number of anilines is 1. The Bertz CT molecular complexity index is 1240. The quantitative estimate of drug-likeness (QED) is 0.529. The number of hydrogen-bond acceptors (Lipinski definition) is 4. The van der Waals surface area contributed by atoms with Crippen LogP contribution < -0.4 is 9.88 Å². The Morgan fingerprint density at radius 1 is 1.13 bits per heavy atom. The van der Waals surface area contributed by atoms with Crippen LogP contribution >= 0.6 is 0 Å². The van der Waals surface area contributed by atoms with Crippen molar-refractivity contribution in [1.29, 1.82) is 5.26 Å². The van der Waals surface area contributed by atoms with Gasteiger partial charge in [-0.2, -0.15) is 5.26 Å². The third kappa shape index (κ3) is 3.27. The number of nitrogens with zero attached hydrogens (tertiary/aromatic N) is 4. The third-order valence-corrected chi connectivity index (χ3v) is 5.37. The largest absolute Gasteiger partial charge is 0.377 e. The van der Waals surface area contributed by atoms with Gasteiger partial charge in [0, 0.05) is 18.2 Å². The molecular formula is C23H19FN5O+. The van der Waals surface area contributed by atoms with Gasteiger partial charge < -0.3 is 9.64 Å². The number of hydrogen-bond donors (Lipinski definition) is 0. The molecule has 1 aliphatic heterocycles. The minimum absolute atomic E-state index is 0.114. The molecule has 1 fully saturated rings. The molecule has 2 aromatic heterocycles. The first-order chi connectivity index (χ1) is 14.7. The average molecular weight is 400 g/mol. The number of morpholine rings is 1. The van der Waals surface area contributed by atoms with Crippen LogP contribution in [0.25, 0.3) is 16.9 Å². The minimum atomic E-state index is -0.260. The Balaban J connectivity index is 1.55. The van der Waals surface area contributed by atoms with E-state index in [0.29, 0.717) is 25.3 Å². The van der Waals surface area contributed by atoms with Crippen molar-refractivity contribution in [2.24, 2.45) is 0 Å². The topological polar surface area (TPSA) is 67.7 Å². The van der Waals surface area contributed by atoms with Gasteiger partial charge in [0.15, 0.2) is 5.82 Å². The molecule has 0 amide bonds. The van der Waals surface area contributed by atoms with Crippen molar-refractivity contribution in [3.63, 3.8) is 0 Å². The summed E-state index contributed by atoms with van der Waals surface area (Å²) in [4.78, 5) is 5.39. The highest BCUT2D eigenvalue weighted by molar-refractivity contribution is 5.62. The van der Waals surface area contributed by atoms with Gasteiger partial charge in [0.2, 0.25) is 5.69 Å². The van der Waals surface area contributed by atoms with E-state index >= 15 is 0 Å². The summed E-state index contributed by atoms with van der Waals surface area (Å²) in [7, 11) is 0. The second-order valence-corrected chi connectivity index (χ2v) is 7.19. The van der Waals surface area contributed by atoms with Gasteiger partial charge in [-0.05, 0) is 48.0 Å². The zero-order valence-corrected chi connectivity index (χ0v) is 16.1. The molecule has 6 nitrogen and oxygen atoms in total. The van der Waals surface area contributed by atoms with E-state index in [-0.39, 0.29) is 11.9 Å². The standard InChI is InChI=1S/C23H18FN5O/c24-19-3-1-2-18(12-19)21-15-30-11-10-28(21)23-9-8-22-26-14-20(29(22)27-23)17-6-4-16(13-25)5-7-17/h1-9,12,14,21H,10-11,15H2/p+1/t21-/m0/s1. The van der Waals surface area contributed by atoms with Gasteiger partial charge in [-0.3, -0.25) is 0 Å². The number of ether oxygens (including phenoxy) is 1. The molecule has 1 atom stereocenters. The summed E-state index contributed by atoms with van der Waals surface area (Å²) < 4.78 is 21.3. The molecular weight excluding hydrogens is 381 g/mol. The molecule has 2 aromatic carbocycles. The lowest BCUT2D eigenvalue weighted by molar-refractivity contribution is -0.343. The molecule has 1 aliphatic rings. The number of aromatic nitrogens is 3. The molecule has 148 valence electrons. The number of benzene rings is 2. The van der Waals surface area contributed by atoms with Crippen LogP contribution in [0, 0.1) is 17.1 Å². The lowest BCUT2D eigenvalue weighted by atomic mass is 10.0. The summed E-state index contributed by atoms with van der Waals surface area (Å²) in [5, 5.41) is 13.9. The zero-order chi connectivity index (χ0) is 20.5. The first-order valence-corrected chi connectivity index (χ1v) is 9.74. The Labute approximate surface area is 172 Å². The van der Waals surface area contributed by atoms with E-state index in [2.05, 4.69) is 16.0 Å². The summed E-state index contributed by atoms with van der Waals surface area (Å²) in [5.41, 5.74) is 4.19. The predicted molar refractivity (Wildman–Crippen MR) is 109 cm³/mol. The van der Waals surface area contributed by atoms with Crippen molar-refractivity contribution >= 4 is 11.5 Å². The molecule has 4 aromatic rings. The first kappa shape index (κ1) is 18.3. The molecule has 0 radical (unpaired) electrons. The van der Waals surface area contributed by atoms with Crippen molar-refractivity contribution in [2.75, 3.05) is 24.7 Å². The van der Waals surface area contributed by atoms with Gasteiger partial charge in [-0.1, -0.05) is 21.7 Å². The zero-order valence-electron chi connectivity index (χ0n) is 16.1. The van der Waals surface area contributed by atoms with Gasteiger partial charge >= 0.3 is 5.65 Å². The molecule has 30 heavy (non-hydrogen) atoms. The molecule has 0 saturated carbocycles. The second kappa shape index (κ2) is 7.58. The second-order valence-electron chi connectivity index (χ2n) is 7.19. The molecule has 1 N–H and O–H groups in total. The average Bonchev–Trinajstić information content (AvgIpc) is 3.22. The number of nitriles is 1. The van der Waals surface area contributed by atoms with Crippen molar-refractivity contribution < 1.29 is 14.1 Å². The van der Waals surface area contributed by atoms with Gasteiger partial charge in [-0.25, -0.2) is 9.37 Å². The number of fused-ring (bicyclic) bond motifs is 1. The van der Waals surface area contributed by atoms with E-state index in [9.17, 15) is 4.39 Å². The molecule has 0 aliphatic carbocycles. The Kier molecular flexibility index (Phi) is 4.62. The van der Waals surface area contributed by atoms with E-state index < -0.39 is 0 Å². The number of aromatic amines is 1. The van der Waals surface area contributed by atoms with Crippen LogP contribution in [0.1, 0.15) is 17.2 Å². The van der Waals surface area contributed by atoms with Gasteiger partial charge in [0.1, 0.15) is 12.0 Å². The van der Waals surface area contributed by atoms with Crippen LogP contribution in [0.3, 0.4) is 0 Å². The fourth-order valence-electron chi connectivity index (χ4n) is 3.85. The lowest BCUT2D eigenvalue weighted by Gasteiger charge is -2.36. The monoisotopic (exact) mass is 400 g/mol. The van der Waals surface area contributed by atoms with Crippen molar-refractivity contribution in [1.82, 2.24) is 9.61 Å². The Morgan fingerprint density at radius 2 is 2.00 bits per heavy atom. The molecule has 0 bridgehead atoms. The maximum atomic E-state index is 13.8. The Morgan fingerprint density at radius 3 is 2.80 bits per heavy atom.